The summed E-state index contributed by atoms with van der Waals surface area (Å²) in [5, 5.41) is 0. The van der Waals surface area contributed by atoms with E-state index in [-0.39, 0.29) is 31.1 Å². The van der Waals surface area contributed by atoms with Crippen molar-refractivity contribution in [1.29, 1.82) is 0 Å². The third-order valence-electron chi connectivity index (χ3n) is 13.0. The standard InChI is InChI=1S/C56H108O6/c1-7-52(6)44-38-32-28-29-34-40-46-55(58)61-49-53(48-60-54(57)45-39-33-26-22-18-15-14-17-21-25-31-37-43-51(4)5)62-56(59)47-41-35-27-23-19-13-11-9-8-10-12-16-20-24-30-36-42-50(2)3/h50-53H,7-49H2,1-6H3/t52?,53-/m1/s1. The number of ether oxygens (including phenoxy) is 3. The predicted octanol–water partition coefficient (Wildman–Crippen LogP) is 17.9. The van der Waals surface area contributed by atoms with Crippen LogP contribution in [0.5, 0.6) is 0 Å². The van der Waals surface area contributed by atoms with Crippen LogP contribution in [0.15, 0.2) is 0 Å². The summed E-state index contributed by atoms with van der Waals surface area (Å²) in [7, 11) is 0. The Balaban J connectivity index is 4.26. The van der Waals surface area contributed by atoms with Crippen molar-refractivity contribution in [3.8, 4) is 0 Å². The highest BCUT2D eigenvalue weighted by Crippen LogP contribution is 2.18. The molecule has 0 aromatic heterocycles. The zero-order chi connectivity index (χ0) is 45.6. The van der Waals surface area contributed by atoms with Gasteiger partial charge in [-0.3, -0.25) is 14.4 Å². The van der Waals surface area contributed by atoms with Gasteiger partial charge in [-0.1, -0.05) is 266 Å². The third kappa shape index (κ3) is 47.9. The van der Waals surface area contributed by atoms with Gasteiger partial charge < -0.3 is 14.2 Å². The topological polar surface area (TPSA) is 78.9 Å². The molecule has 0 spiro atoms. The number of carbonyl (C=O) groups is 3. The zero-order valence-corrected chi connectivity index (χ0v) is 42.7. The van der Waals surface area contributed by atoms with E-state index in [1.165, 1.54) is 186 Å². The van der Waals surface area contributed by atoms with Crippen molar-refractivity contribution in [3.63, 3.8) is 0 Å². The van der Waals surface area contributed by atoms with Gasteiger partial charge in [0.1, 0.15) is 13.2 Å². The second-order valence-corrected chi connectivity index (χ2v) is 20.4. The predicted molar refractivity (Wildman–Crippen MR) is 266 cm³/mol. The average Bonchev–Trinajstić information content (AvgIpc) is 3.24. The molecule has 0 aromatic carbocycles. The largest absolute Gasteiger partial charge is 0.462 e. The molecule has 0 rings (SSSR count). The maximum Gasteiger partial charge on any atom is 0.306 e. The summed E-state index contributed by atoms with van der Waals surface area (Å²) < 4.78 is 16.8. The molecule has 6 heteroatoms. The summed E-state index contributed by atoms with van der Waals surface area (Å²) in [5.41, 5.74) is 0. The van der Waals surface area contributed by atoms with Crippen LogP contribution >= 0.6 is 0 Å². The Morgan fingerprint density at radius 1 is 0.323 bits per heavy atom. The number of hydrogen-bond acceptors (Lipinski definition) is 6. The molecule has 368 valence electrons. The van der Waals surface area contributed by atoms with E-state index in [4.69, 9.17) is 14.2 Å². The first-order valence-corrected chi connectivity index (χ1v) is 27.6. The van der Waals surface area contributed by atoms with Crippen molar-refractivity contribution < 1.29 is 28.6 Å². The molecule has 0 aliphatic carbocycles. The molecular weight excluding hydrogens is 769 g/mol. The Morgan fingerprint density at radius 2 is 0.565 bits per heavy atom. The molecule has 0 amide bonds. The van der Waals surface area contributed by atoms with Gasteiger partial charge in [-0.25, -0.2) is 0 Å². The molecule has 0 saturated heterocycles. The van der Waals surface area contributed by atoms with E-state index in [2.05, 4.69) is 41.5 Å². The highest BCUT2D eigenvalue weighted by atomic mass is 16.6. The quantitative estimate of drug-likeness (QED) is 0.0344. The minimum Gasteiger partial charge on any atom is -0.462 e. The first kappa shape index (κ1) is 60.4. The summed E-state index contributed by atoms with van der Waals surface area (Å²) in [6.45, 7) is 13.7. The number of esters is 3. The molecule has 0 heterocycles. The lowest BCUT2D eigenvalue weighted by Crippen LogP contribution is -2.30. The van der Waals surface area contributed by atoms with E-state index in [0.29, 0.717) is 19.3 Å². The van der Waals surface area contributed by atoms with E-state index >= 15 is 0 Å². The number of carbonyl (C=O) groups excluding carboxylic acids is 3. The van der Waals surface area contributed by atoms with Gasteiger partial charge in [0, 0.05) is 19.3 Å². The van der Waals surface area contributed by atoms with Crippen LogP contribution in [0.1, 0.15) is 305 Å². The minimum absolute atomic E-state index is 0.0647. The van der Waals surface area contributed by atoms with Crippen molar-refractivity contribution in [2.75, 3.05) is 13.2 Å². The summed E-state index contributed by atoms with van der Waals surface area (Å²) in [6.07, 6.45) is 48.1. The maximum atomic E-state index is 12.8. The Kier molecular flexibility index (Phi) is 46.2. The summed E-state index contributed by atoms with van der Waals surface area (Å²) in [4.78, 5) is 38.0. The van der Waals surface area contributed by atoms with Gasteiger partial charge in [0.2, 0.25) is 0 Å². The first-order valence-electron chi connectivity index (χ1n) is 27.6. The van der Waals surface area contributed by atoms with Crippen LogP contribution in [0.4, 0.5) is 0 Å². The number of hydrogen-bond donors (Lipinski definition) is 0. The minimum atomic E-state index is -0.763. The van der Waals surface area contributed by atoms with Crippen LogP contribution in [0, 0.1) is 17.8 Å². The van der Waals surface area contributed by atoms with E-state index < -0.39 is 6.10 Å². The Hall–Kier alpha value is -1.59. The molecule has 6 nitrogen and oxygen atoms in total. The molecule has 0 N–H and O–H groups in total. The second kappa shape index (κ2) is 47.4. The Labute approximate surface area is 387 Å². The van der Waals surface area contributed by atoms with Gasteiger partial charge in [0.15, 0.2) is 6.10 Å². The lowest BCUT2D eigenvalue weighted by molar-refractivity contribution is -0.167. The van der Waals surface area contributed by atoms with Gasteiger partial charge in [0.05, 0.1) is 0 Å². The van der Waals surface area contributed by atoms with Gasteiger partial charge in [-0.2, -0.15) is 0 Å². The summed E-state index contributed by atoms with van der Waals surface area (Å²) >= 11 is 0. The van der Waals surface area contributed by atoms with Crippen molar-refractivity contribution in [2.24, 2.45) is 17.8 Å². The smallest absolute Gasteiger partial charge is 0.306 e. The molecule has 0 aliphatic rings. The van der Waals surface area contributed by atoms with Gasteiger partial charge >= 0.3 is 17.9 Å². The fourth-order valence-electron chi connectivity index (χ4n) is 8.44. The van der Waals surface area contributed by atoms with Crippen LogP contribution in [-0.4, -0.2) is 37.2 Å². The van der Waals surface area contributed by atoms with Crippen molar-refractivity contribution in [1.82, 2.24) is 0 Å². The fourth-order valence-corrected chi connectivity index (χ4v) is 8.44. The molecule has 0 fully saturated rings. The number of unbranched alkanes of at least 4 members (excludes halogenated alkanes) is 31. The first-order chi connectivity index (χ1) is 30.1. The lowest BCUT2D eigenvalue weighted by Gasteiger charge is -2.18. The van der Waals surface area contributed by atoms with Crippen molar-refractivity contribution >= 4 is 17.9 Å². The third-order valence-corrected chi connectivity index (χ3v) is 13.0. The molecular formula is C56H108O6. The highest BCUT2D eigenvalue weighted by Gasteiger charge is 2.19. The van der Waals surface area contributed by atoms with Gasteiger partial charge in [-0.15, -0.1) is 0 Å². The fraction of sp³-hybridized carbons (Fsp3) is 0.946. The van der Waals surface area contributed by atoms with E-state index in [0.717, 1.165) is 75.5 Å². The lowest BCUT2D eigenvalue weighted by atomic mass is 10.00. The second-order valence-electron chi connectivity index (χ2n) is 20.4. The van der Waals surface area contributed by atoms with Crippen LogP contribution in [0.2, 0.25) is 0 Å². The molecule has 62 heavy (non-hydrogen) atoms. The van der Waals surface area contributed by atoms with Gasteiger partial charge in [0.25, 0.3) is 0 Å². The van der Waals surface area contributed by atoms with Gasteiger partial charge in [-0.05, 0) is 37.0 Å². The molecule has 0 aliphatic heterocycles. The molecule has 0 aromatic rings. The maximum absolute atomic E-state index is 12.8. The Morgan fingerprint density at radius 3 is 0.839 bits per heavy atom. The van der Waals surface area contributed by atoms with Crippen LogP contribution in [-0.2, 0) is 28.6 Å². The molecule has 1 unspecified atom stereocenters. The normalized spacial score (nSPS) is 12.6. The van der Waals surface area contributed by atoms with Crippen molar-refractivity contribution in [2.45, 2.75) is 311 Å². The molecule has 0 bridgehead atoms. The number of rotatable bonds is 49. The zero-order valence-electron chi connectivity index (χ0n) is 42.7. The molecule has 2 atom stereocenters. The molecule has 0 saturated carbocycles. The summed E-state index contributed by atoms with van der Waals surface area (Å²) in [6, 6.07) is 0. The van der Waals surface area contributed by atoms with E-state index in [9.17, 15) is 14.4 Å². The van der Waals surface area contributed by atoms with Crippen LogP contribution in [0.3, 0.4) is 0 Å². The molecule has 0 radical (unpaired) electrons. The van der Waals surface area contributed by atoms with E-state index in [1.54, 1.807) is 0 Å². The van der Waals surface area contributed by atoms with E-state index in [1.807, 2.05) is 0 Å². The Bertz CT molecular complexity index is 962. The highest BCUT2D eigenvalue weighted by molar-refractivity contribution is 5.71. The van der Waals surface area contributed by atoms with Crippen LogP contribution in [0.25, 0.3) is 0 Å². The van der Waals surface area contributed by atoms with Crippen LogP contribution < -0.4 is 0 Å². The average molecular weight is 877 g/mol. The monoisotopic (exact) mass is 877 g/mol. The summed E-state index contributed by atoms with van der Waals surface area (Å²) in [5.74, 6) is 1.65. The SMILES string of the molecule is CCC(C)CCCCCCCCC(=O)OC[C@@H](COC(=O)CCCCCCCCCCCCCCC(C)C)OC(=O)CCCCCCCCCCCCCCCCCCC(C)C. The van der Waals surface area contributed by atoms with Crippen molar-refractivity contribution in [3.05, 3.63) is 0 Å².